The first-order valence-electron chi connectivity index (χ1n) is 12.5. The van der Waals surface area contributed by atoms with Crippen molar-refractivity contribution in [2.24, 2.45) is 0 Å². The number of hydrogen-bond donors (Lipinski definition) is 5. The van der Waals surface area contributed by atoms with Gasteiger partial charge in [0.25, 0.3) is 0 Å². The molecule has 5 unspecified atom stereocenters. The van der Waals surface area contributed by atoms with Gasteiger partial charge in [0.1, 0.15) is 18.3 Å². The highest BCUT2D eigenvalue weighted by Gasteiger charge is 2.43. The van der Waals surface area contributed by atoms with Crippen molar-refractivity contribution in [3.8, 4) is 0 Å². The largest absolute Gasteiger partial charge is 0.481 e. The van der Waals surface area contributed by atoms with Crippen LogP contribution in [0.4, 0.5) is 0 Å². The Balaban J connectivity index is 2.14. The Labute approximate surface area is 192 Å². The van der Waals surface area contributed by atoms with E-state index in [1.807, 2.05) is 6.92 Å². The third-order valence-electron chi connectivity index (χ3n) is 6.19. The number of hydrogen-bond acceptors (Lipinski definition) is 7. The minimum absolute atomic E-state index is 0.182. The van der Waals surface area contributed by atoms with Crippen molar-refractivity contribution in [2.45, 2.75) is 147 Å². The molecule has 0 spiro atoms. The second-order valence-electron chi connectivity index (χ2n) is 9.35. The predicted molar refractivity (Wildman–Crippen MR) is 121 cm³/mol. The van der Waals surface area contributed by atoms with Crippen LogP contribution >= 0.6 is 0 Å². The molecule has 0 amide bonds. The maximum Gasteiger partial charge on any atom is 0.305 e. The van der Waals surface area contributed by atoms with Crippen molar-refractivity contribution in [3.63, 3.8) is 0 Å². The first-order chi connectivity index (χ1) is 15.2. The lowest BCUT2D eigenvalue weighted by Gasteiger charge is -2.40. The minimum Gasteiger partial charge on any atom is -0.481 e. The number of aliphatic hydroxyl groups excluding tert-OH is 4. The molecule has 0 saturated carbocycles. The molecule has 8 heteroatoms. The van der Waals surface area contributed by atoms with E-state index < -0.39 is 42.8 Å². The molecule has 1 aliphatic heterocycles. The van der Waals surface area contributed by atoms with Gasteiger partial charge in [-0.2, -0.15) is 0 Å². The second-order valence-corrected chi connectivity index (χ2v) is 9.35. The van der Waals surface area contributed by atoms with Crippen LogP contribution in [0, 0.1) is 0 Å². The molecule has 0 aromatic heterocycles. The van der Waals surface area contributed by atoms with Crippen molar-refractivity contribution in [1.82, 2.24) is 0 Å². The zero-order valence-corrected chi connectivity index (χ0v) is 19.9. The molecule has 0 radical (unpaired) electrons. The molecule has 190 valence electrons. The van der Waals surface area contributed by atoms with Crippen molar-refractivity contribution >= 4 is 5.97 Å². The summed E-state index contributed by atoms with van der Waals surface area (Å²) in [6.07, 6.45) is 7.15. The Kier molecular flexibility index (Phi) is 15.3. The number of carboxylic acid groups (broad SMARTS) is 1. The highest BCUT2D eigenvalue weighted by Crippen LogP contribution is 2.25. The number of rotatable bonds is 18. The Morgan fingerprint density at radius 2 is 1.28 bits per heavy atom. The van der Waals surface area contributed by atoms with Gasteiger partial charge in [0, 0.05) is 0 Å². The third kappa shape index (κ3) is 12.5. The molecule has 0 aromatic rings. The Hall–Kier alpha value is -0.770. The van der Waals surface area contributed by atoms with E-state index in [2.05, 4.69) is 0 Å². The molecule has 1 rings (SSSR count). The van der Waals surface area contributed by atoms with Crippen molar-refractivity contribution in [3.05, 3.63) is 0 Å². The van der Waals surface area contributed by atoms with Crippen molar-refractivity contribution in [1.29, 1.82) is 0 Å². The van der Waals surface area contributed by atoms with Gasteiger partial charge in [-0.1, -0.05) is 70.6 Å². The fourth-order valence-electron chi connectivity index (χ4n) is 4.13. The summed E-state index contributed by atoms with van der Waals surface area (Å²) in [4.78, 5) is 11.2. The zero-order valence-electron chi connectivity index (χ0n) is 19.9. The van der Waals surface area contributed by atoms with Crippen LogP contribution in [0.15, 0.2) is 0 Å². The summed E-state index contributed by atoms with van der Waals surface area (Å²) in [5, 5.41) is 48.1. The number of aliphatic carboxylic acids is 1. The van der Waals surface area contributed by atoms with E-state index in [0.29, 0.717) is 6.42 Å². The predicted octanol–water partition coefficient (Wildman–Crippen LogP) is 3.13. The van der Waals surface area contributed by atoms with Gasteiger partial charge in [-0.25, -0.2) is 0 Å². The Morgan fingerprint density at radius 3 is 1.75 bits per heavy atom. The van der Waals surface area contributed by atoms with Gasteiger partial charge in [-0.15, -0.1) is 0 Å². The molecular formula is C24H46O8. The lowest BCUT2D eigenvalue weighted by molar-refractivity contribution is -0.304. The zero-order chi connectivity index (χ0) is 23.9. The van der Waals surface area contributed by atoms with E-state index in [0.717, 1.165) is 32.1 Å². The summed E-state index contributed by atoms with van der Waals surface area (Å²) in [5.74, 6) is -0.986. The van der Waals surface area contributed by atoms with E-state index in [1.54, 1.807) is 6.92 Å². The lowest BCUT2D eigenvalue weighted by atomic mass is 9.99. The molecule has 32 heavy (non-hydrogen) atoms. The summed E-state index contributed by atoms with van der Waals surface area (Å²) >= 11 is 0. The van der Waals surface area contributed by atoms with E-state index >= 15 is 0 Å². The van der Waals surface area contributed by atoms with Gasteiger partial charge in [-0.3, -0.25) is 4.79 Å². The number of aliphatic hydroxyl groups is 4. The Morgan fingerprint density at radius 1 is 0.812 bits per heavy atom. The van der Waals surface area contributed by atoms with Crippen LogP contribution in [0.2, 0.25) is 0 Å². The maximum atomic E-state index is 11.2. The van der Waals surface area contributed by atoms with Crippen LogP contribution in [0.5, 0.6) is 0 Å². The number of ether oxygens (including phenoxy) is 2. The van der Waals surface area contributed by atoms with E-state index in [-0.39, 0.29) is 12.5 Å². The van der Waals surface area contributed by atoms with Crippen molar-refractivity contribution in [2.75, 3.05) is 0 Å². The number of unbranched alkanes of at least 4 members (excludes halogenated alkanes) is 10. The molecule has 0 bridgehead atoms. The summed E-state index contributed by atoms with van der Waals surface area (Å²) < 4.78 is 11.1. The summed E-state index contributed by atoms with van der Waals surface area (Å²) in [7, 11) is 0. The van der Waals surface area contributed by atoms with Crippen LogP contribution in [-0.4, -0.2) is 74.4 Å². The van der Waals surface area contributed by atoms with Gasteiger partial charge in [0.15, 0.2) is 6.29 Å². The van der Waals surface area contributed by atoms with Crippen molar-refractivity contribution < 1.29 is 39.8 Å². The second kappa shape index (κ2) is 16.8. The van der Waals surface area contributed by atoms with Gasteiger partial charge in [0.2, 0.25) is 0 Å². The molecule has 5 N–H and O–H groups in total. The van der Waals surface area contributed by atoms with E-state index in [1.165, 1.54) is 44.9 Å². The molecule has 1 aliphatic rings. The molecule has 1 heterocycles. The average Bonchev–Trinajstić information content (AvgIpc) is 2.73. The highest BCUT2D eigenvalue weighted by atomic mass is 16.7. The summed E-state index contributed by atoms with van der Waals surface area (Å²) in [6, 6.07) is 0. The third-order valence-corrected chi connectivity index (χ3v) is 6.19. The number of carboxylic acids is 1. The van der Waals surface area contributed by atoms with E-state index in [4.69, 9.17) is 14.6 Å². The van der Waals surface area contributed by atoms with Crippen LogP contribution in [0.3, 0.4) is 0 Å². The molecule has 1 saturated heterocycles. The molecular weight excluding hydrogens is 416 g/mol. The SMILES string of the molecule is CC1O[C@H](OC(CCCCCCCCCCCCC[C@@H](C)O)CC(=O)O)C(O)C(O)C1O. The maximum absolute atomic E-state index is 11.2. The minimum atomic E-state index is -1.42. The highest BCUT2D eigenvalue weighted by molar-refractivity contribution is 5.67. The van der Waals surface area contributed by atoms with Crippen LogP contribution in [0.1, 0.15) is 104 Å². The monoisotopic (exact) mass is 462 g/mol. The Bertz CT molecular complexity index is 487. The summed E-state index contributed by atoms with van der Waals surface area (Å²) in [5.41, 5.74) is 0. The fourth-order valence-corrected chi connectivity index (χ4v) is 4.13. The van der Waals surface area contributed by atoms with Gasteiger partial charge in [0.05, 0.1) is 24.7 Å². The van der Waals surface area contributed by atoms with Crippen LogP contribution in [0.25, 0.3) is 0 Å². The quantitative estimate of drug-likeness (QED) is 0.196. The van der Waals surface area contributed by atoms with Gasteiger partial charge >= 0.3 is 5.97 Å². The molecule has 7 atom stereocenters. The smallest absolute Gasteiger partial charge is 0.305 e. The van der Waals surface area contributed by atoms with E-state index in [9.17, 15) is 25.2 Å². The summed E-state index contributed by atoms with van der Waals surface area (Å²) in [6.45, 7) is 3.41. The normalized spacial score (nSPS) is 27.9. The molecule has 0 aliphatic carbocycles. The lowest BCUT2D eigenvalue weighted by Crippen LogP contribution is -2.58. The van der Waals surface area contributed by atoms with Crippen LogP contribution < -0.4 is 0 Å². The van der Waals surface area contributed by atoms with Gasteiger partial charge < -0.3 is 35.0 Å². The fraction of sp³-hybridized carbons (Fsp3) is 0.958. The molecule has 1 fully saturated rings. The first-order valence-corrected chi connectivity index (χ1v) is 12.5. The molecule has 0 aromatic carbocycles. The van der Waals surface area contributed by atoms with Gasteiger partial charge in [-0.05, 0) is 26.7 Å². The average molecular weight is 463 g/mol. The number of carbonyl (C=O) groups is 1. The first kappa shape index (κ1) is 29.3. The van der Waals surface area contributed by atoms with Crippen LogP contribution in [-0.2, 0) is 14.3 Å². The topological polar surface area (TPSA) is 137 Å². The standard InChI is InChI=1S/C24H46O8/c1-17(25)14-12-10-8-6-4-3-5-7-9-11-13-15-19(16-20(26)27)32-24-23(30)22(29)21(28)18(2)31-24/h17-19,21-25,28-30H,3-16H2,1-2H3,(H,26,27)/t17-,18?,19?,21?,22?,23?,24-/m1/s1. The molecule has 8 nitrogen and oxygen atoms in total.